The molecule has 2 amide bonds. The van der Waals surface area contributed by atoms with Gasteiger partial charge in [-0.1, -0.05) is 78.9 Å². The van der Waals surface area contributed by atoms with E-state index in [0.717, 1.165) is 33.6 Å². The molecule has 0 saturated carbocycles. The molecule has 0 aromatic heterocycles. The predicted octanol–water partition coefficient (Wildman–Crippen LogP) is 5.29. The first kappa shape index (κ1) is 31.5. The average molecular weight is 580 g/mol. The fraction of sp³-hybridized carbons (Fsp3) is 0.278. The van der Waals surface area contributed by atoms with Crippen LogP contribution in [-0.2, 0) is 13.0 Å². The summed E-state index contributed by atoms with van der Waals surface area (Å²) in [6, 6.07) is 30.0. The van der Waals surface area contributed by atoms with E-state index < -0.39 is 12.1 Å². The Morgan fingerprint density at radius 2 is 1.37 bits per heavy atom. The number of benzene rings is 4. The van der Waals surface area contributed by atoms with E-state index in [1.54, 1.807) is 13.2 Å². The van der Waals surface area contributed by atoms with Crippen LogP contribution in [0.15, 0.2) is 97.1 Å². The van der Waals surface area contributed by atoms with Gasteiger partial charge >= 0.3 is 0 Å². The Bertz CT molecular complexity index is 1510. The van der Waals surface area contributed by atoms with Gasteiger partial charge in [0.05, 0.1) is 25.3 Å². The van der Waals surface area contributed by atoms with Gasteiger partial charge in [-0.05, 0) is 73.2 Å². The van der Waals surface area contributed by atoms with Gasteiger partial charge in [0, 0.05) is 24.2 Å². The number of carbonyl (C=O) groups is 2. The third-order valence-electron chi connectivity index (χ3n) is 7.60. The number of aryl methyl sites for hydroxylation is 2. The van der Waals surface area contributed by atoms with Crippen molar-refractivity contribution < 1.29 is 19.4 Å². The fourth-order valence-corrected chi connectivity index (χ4v) is 5.13. The Kier molecular flexibility index (Phi) is 11.1. The van der Waals surface area contributed by atoms with Gasteiger partial charge in [0.15, 0.2) is 0 Å². The molecule has 224 valence electrons. The molecule has 0 aliphatic carbocycles. The maximum absolute atomic E-state index is 13.7. The van der Waals surface area contributed by atoms with Gasteiger partial charge in [-0.25, -0.2) is 0 Å². The highest BCUT2D eigenvalue weighted by molar-refractivity contribution is 6.01. The first-order chi connectivity index (χ1) is 20.7. The standard InChI is InChI=1S/C36H41N3O4/c1-24-18-25(2)32(21-31(24)35(41)38-26(3)29-15-9-6-10-16-29)36(42)39-33(20-27-12-7-5-8-13-27)34(40)23-37-22-28-14-11-17-30(19-28)43-4/h5-19,21,26,33-34,37,40H,20,22-23H2,1-4H3,(H,38,41)(H,39,42). The van der Waals surface area contributed by atoms with Crippen LogP contribution in [0.4, 0.5) is 0 Å². The maximum Gasteiger partial charge on any atom is 0.252 e. The Morgan fingerprint density at radius 3 is 2.02 bits per heavy atom. The van der Waals surface area contributed by atoms with Crippen molar-refractivity contribution in [1.29, 1.82) is 0 Å². The molecule has 0 aliphatic heterocycles. The molecule has 4 rings (SSSR count). The molecule has 4 aromatic rings. The molecule has 3 atom stereocenters. The molecule has 7 nitrogen and oxygen atoms in total. The highest BCUT2D eigenvalue weighted by Crippen LogP contribution is 2.20. The summed E-state index contributed by atoms with van der Waals surface area (Å²) < 4.78 is 5.30. The first-order valence-electron chi connectivity index (χ1n) is 14.6. The summed E-state index contributed by atoms with van der Waals surface area (Å²) in [5.41, 5.74) is 5.40. The zero-order chi connectivity index (χ0) is 30.8. The third-order valence-corrected chi connectivity index (χ3v) is 7.60. The van der Waals surface area contributed by atoms with E-state index in [1.165, 1.54) is 0 Å². The van der Waals surface area contributed by atoms with E-state index in [-0.39, 0.29) is 24.4 Å². The van der Waals surface area contributed by atoms with Crippen LogP contribution in [0.5, 0.6) is 5.75 Å². The maximum atomic E-state index is 13.7. The highest BCUT2D eigenvalue weighted by Gasteiger charge is 2.24. The number of ether oxygens (including phenoxy) is 1. The van der Waals surface area contributed by atoms with Crippen LogP contribution in [-0.4, -0.2) is 42.7 Å². The van der Waals surface area contributed by atoms with Crippen molar-refractivity contribution in [2.75, 3.05) is 13.7 Å². The van der Waals surface area contributed by atoms with Crippen molar-refractivity contribution in [3.63, 3.8) is 0 Å². The molecule has 4 aromatic carbocycles. The monoisotopic (exact) mass is 579 g/mol. The van der Waals surface area contributed by atoms with Gasteiger partial charge in [0.25, 0.3) is 11.8 Å². The van der Waals surface area contributed by atoms with Gasteiger partial charge < -0.3 is 25.8 Å². The van der Waals surface area contributed by atoms with E-state index in [2.05, 4.69) is 16.0 Å². The second-order valence-electron chi connectivity index (χ2n) is 10.9. The van der Waals surface area contributed by atoms with Crippen molar-refractivity contribution >= 4 is 11.8 Å². The largest absolute Gasteiger partial charge is 0.497 e. The van der Waals surface area contributed by atoms with Crippen LogP contribution in [0.25, 0.3) is 0 Å². The summed E-state index contributed by atoms with van der Waals surface area (Å²) in [7, 11) is 1.63. The second kappa shape index (κ2) is 15.1. The second-order valence-corrected chi connectivity index (χ2v) is 10.9. The predicted molar refractivity (Wildman–Crippen MR) is 170 cm³/mol. The van der Waals surface area contributed by atoms with Crippen molar-refractivity contribution in [1.82, 2.24) is 16.0 Å². The zero-order valence-corrected chi connectivity index (χ0v) is 25.3. The number of rotatable bonds is 13. The number of hydrogen-bond donors (Lipinski definition) is 4. The topological polar surface area (TPSA) is 99.7 Å². The molecule has 0 heterocycles. The summed E-state index contributed by atoms with van der Waals surface area (Å²) in [6.07, 6.45) is -0.420. The van der Waals surface area contributed by atoms with Crippen molar-refractivity contribution in [3.8, 4) is 5.75 Å². The number of hydrogen-bond acceptors (Lipinski definition) is 5. The quantitative estimate of drug-likeness (QED) is 0.172. The number of methoxy groups -OCH3 is 1. The van der Waals surface area contributed by atoms with Gasteiger partial charge in [0.2, 0.25) is 0 Å². The lowest BCUT2D eigenvalue weighted by Crippen LogP contribution is -2.48. The minimum atomic E-state index is -0.866. The molecule has 43 heavy (non-hydrogen) atoms. The van der Waals surface area contributed by atoms with Gasteiger partial charge in [-0.3, -0.25) is 9.59 Å². The highest BCUT2D eigenvalue weighted by atomic mass is 16.5. The van der Waals surface area contributed by atoms with Gasteiger partial charge in [0.1, 0.15) is 5.75 Å². The van der Waals surface area contributed by atoms with Crippen LogP contribution in [0.2, 0.25) is 0 Å². The van der Waals surface area contributed by atoms with E-state index >= 15 is 0 Å². The lowest BCUT2D eigenvalue weighted by atomic mass is 9.96. The normalized spacial score (nSPS) is 13.0. The van der Waals surface area contributed by atoms with Crippen LogP contribution in [0, 0.1) is 13.8 Å². The Hall–Kier alpha value is -4.46. The molecular weight excluding hydrogens is 538 g/mol. The smallest absolute Gasteiger partial charge is 0.252 e. The van der Waals surface area contributed by atoms with E-state index in [1.807, 2.05) is 112 Å². The fourth-order valence-electron chi connectivity index (χ4n) is 5.13. The summed E-state index contributed by atoms with van der Waals surface area (Å²) in [6.45, 7) is 6.47. The lowest BCUT2D eigenvalue weighted by molar-refractivity contribution is 0.0829. The van der Waals surface area contributed by atoms with Crippen LogP contribution in [0.3, 0.4) is 0 Å². The van der Waals surface area contributed by atoms with E-state index in [9.17, 15) is 14.7 Å². The summed E-state index contributed by atoms with van der Waals surface area (Å²) in [5, 5.41) is 20.6. The van der Waals surface area contributed by atoms with Crippen LogP contribution in [0.1, 0.15) is 61.5 Å². The number of carbonyl (C=O) groups excluding carboxylic acids is 2. The van der Waals surface area contributed by atoms with Crippen molar-refractivity contribution in [3.05, 3.63) is 136 Å². The lowest BCUT2D eigenvalue weighted by Gasteiger charge is -2.25. The molecular formula is C36H41N3O4. The summed E-state index contributed by atoms with van der Waals surface area (Å²) in [5.74, 6) is 0.186. The van der Waals surface area contributed by atoms with Crippen molar-refractivity contribution in [2.24, 2.45) is 0 Å². The van der Waals surface area contributed by atoms with E-state index in [0.29, 0.717) is 24.1 Å². The Labute approximate surface area is 254 Å². The van der Waals surface area contributed by atoms with Crippen molar-refractivity contribution in [2.45, 2.75) is 51.9 Å². The van der Waals surface area contributed by atoms with Gasteiger partial charge in [-0.2, -0.15) is 0 Å². The van der Waals surface area contributed by atoms with Crippen LogP contribution < -0.4 is 20.7 Å². The average Bonchev–Trinajstić information content (AvgIpc) is 3.01. The minimum absolute atomic E-state index is 0.193. The summed E-state index contributed by atoms with van der Waals surface area (Å²) >= 11 is 0. The van der Waals surface area contributed by atoms with Gasteiger partial charge in [-0.15, -0.1) is 0 Å². The number of aliphatic hydroxyl groups excluding tert-OH is 1. The minimum Gasteiger partial charge on any atom is -0.497 e. The third kappa shape index (κ3) is 8.77. The molecule has 4 N–H and O–H groups in total. The number of amides is 2. The molecule has 0 saturated heterocycles. The number of aliphatic hydroxyl groups is 1. The summed E-state index contributed by atoms with van der Waals surface area (Å²) in [4.78, 5) is 27.0. The van der Waals surface area contributed by atoms with Crippen LogP contribution >= 0.6 is 0 Å². The molecule has 0 spiro atoms. The Balaban J connectivity index is 1.49. The molecule has 0 aliphatic rings. The molecule has 0 bridgehead atoms. The molecule has 7 heteroatoms. The number of nitrogens with one attached hydrogen (secondary N) is 3. The molecule has 0 fully saturated rings. The first-order valence-corrected chi connectivity index (χ1v) is 14.6. The zero-order valence-electron chi connectivity index (χ0n) is 25.3. The SMILES string of the molecule is COc1cccc(CNCC(O)C(Cc2ccccc2)NC(=O)c2cc(C(=O)NC(C)c3ccccc3)c(C)cc2C)c1. The molecule has 3 unspecified atom stereocenters. The molecule has 0 radical (unpaired) electrons. The van der Waals surface area contributed by atoms with E-state index in [4.69, 9.17) is 4.74 Å². The Morgan fingerprint density at radius 1 is 0.767 bits per heavy atom.